The molecule has 0 aliphatic carbocycles. The van der Waals surface area contributed by atoms with Gasteiger partial charge in [0, 0.05) is 0 Å². The zero-order chi connectivity index (χ0) is 5.54. The average Bonchev–Trinajstić information content (AvgIpc) is 1.69. The first-order chi connectivity index (χ1) is 3.41. The first-order valence-electron chi connectivity index (χ1n) is 2.45. The van der Waals surface area contributed by atoms with Gasteiger partial charge in [-0.25, -0.2) is 0 Å². The van der Waals surface area contributed by atoms with E-state index in [1.165, 1.54) is 10.6 Å². The van der Waals surface area contributed by atoms with Gasteiger partial charge in [-0.15, -0.1) is 50.1 Å². The fourth-order valence-electron chi connectivity index (χ4n) is 0.332. The van der Waals surface area contributed by atoms with Crippen molar-refractivity contribution in [2.45, 2.75) is 10.6 Å². The van der Waals surface area contributed by atoms with Crippen molar-refractivity contribution in [2.75, 3.05) is 0 Å². The zero-order valence-electron chi connectivity index (χ0n) is 5.38. The third-order valence-corrected chi connectivity index (χ3v) is 2.00. The number of hydrogen-bond donors (Lipinski definition) is 0. The lowest BCUT2D eigenvalue weighted by atomic mass is 10.7. The second kappa shape index (κ2) is 15.8. The first kappa shape index (κ1) is 16.3. The molecule has 0 amide bonds. The Morgan fingerprint density at radius 2 is 1.33 bits per heavy atom. The highest BCUT2D eigenvalue weighted by molar-refractivity contribution is 6.36. The molecule has 0 bridgehead atoms. The number of rotatable bonds is 4. The standard InChI is InChI=1S/2C3H5.Al.2ClH/c2*1-3-2;;;/h2*3H,1-2H2;;2*1H. The molecule has 0 fully saturated rings. The second-order valence-electron chi connectivity index (χ2n) is 1.34. The van der Waals surface area contributed by atoms with Gasteiger partial charge in [-0.2, -0.15) is 0 Å². The molecule has 0 saturated carbocycles. The summed E-state index contributed by atoms with van der Waals surface area (Å²) in [6.45, 7) is 7.24. The second-order valence-corrected chi connectivity index (χ2v) is 2.86. The normalized spacial score (nSPS) is 5.78. The Hall–Kier alpha value is 0.592. The van der Waals surface area contributed by atoms with Crippen LogP contribution >= 0.6 is 24.8 Å². The predicted octanol–water partition coefficient (Wildman–Crippen LogP) is 2.74. The van der Waals surface area contributed by atoms with Crippen LogP contribution in [0.4, 0.5) is 0 Å². The van der Waals surface area contributed by atoms with Gasteiger partial charge in [0.05, 0.1) is 0 Å². The molecule has 0 atom stereocenters. The summed E-state index contributed by atoms with van der Waals surface area (Å²) in [6.07, 6.45) is 3.94. The maximum Gasteiger partial charge on any atom is 0.212 e. The van der Waals surface area contributed by atoms with Crippen molar-refractivity contribution in [3.05, 3.63) is 25.3 Å². The molecule has 0 aromatic carbocycles. The molecule has 53 valence electrons. The lowest BCUT2D eigenvalue weighted by Crippen LogP contribution is -1.79. The Balaban J connectivity index is -0.000000180. The molecule has 3 heteroatoms. The summed E-state index contributed by atoms with van der Waals surface area (Å²) < 4.78 is 0. The summed E-state index contributed by atoms with van der Waals surface area (Å²) in [5.41, 5.74) is 0. The number of allylic oxidation sites excluding steroid dienone is 2. The third-order valence-electron chi connectivity index (χ3n) is 0.667. The van der Waals surface area contributed by atoms with E-state index in [2.05, 4.69) is 13.2 Å². The molecule has 0 unspecified atom stereocenters. The molecule has 9 heavy (non-hydrogen) atoms. The molecule has 0 aliphatic heterocycles. The summed E-state index contributed by atoms with van der Waals surface area (Å²) in [4.78, 5) is 0. The molecule has 0 rings (SSSR count). The molecule has 0 saturated heterocycles. The molecular formula is C6H12AlCl2. The smallest absolute Gasteiger partial charge is 0.147 e. The topological polar surface area (TPSA) is 0 Å². The lowest BCUT2D eigenvalue weighted by molar-refractivity contribution is 1.60. The Morgan fingerprint density at radius 3 is 1.56 bits per heavy atom. The predicted molar refractivity (Wildman–Crippen MR) is 50.3 cm³/mol. The summed E-state index contributed by atoms with van der Waals surface area (Å²) >= 11 is 0.586. The van der Waals surface area contributed by atoms with E-state index < -0.39 is 0 Å². The highest BCUT2D eigenvalue weighted by Gasteiger charge is 1.79. The van der Waals surface area contributed by atoms with E-state index in [1.807, 2.05) is 12.2 Å². The molecule has 0 aromatic rings. The Labute approximate surface area is 75.9 Å². The van der Waals surface area contributed by atoms with Crippen LogP contribution in [-0.4, -0.2) is 15.2 Å². The molecule has 1 radical (unpaired) electrons. The van der Waals surface area contributed by atoms with Crippen LogP contribution in [0.5, 0.6) is 0 Å². The summed E-state index contributed by atoms with van der Waals surface area (Å²) in [7, 11) is 0. The largest absolute Gasteiger partial charge is 0.212 e. The van der Waals surface area contributed by atoms with Gasteiger partial charge in [0.1, 0.15) is 0 Å². The van der Waals surface area contributed by atoms with Crippen LogP contribution in [0, 0.1) is 0 Å². The molecule has 0 spiro atoms. The first-order valence-corrected chi connectivity index (χ1v) is 4.08. The van der Waals surface area contributed by atoms with E-state index in [-0.39, 0.29) is 24.8 Å². The van der Waals surface area contributed by atoms with Gasteiger partial charge >= 0.3 is 0 Å². The van der Waals surface area contributed by atoms with E-state index in [9.17, 15) is 0 Å². The Bertz CT molecular complexity index is 56.1. The van der Waals surface area contributed by atoms with Crippen LogP contribution in [0.3, 0.4) is 0 Å². The van der Waals surface area contributed by atoms with Gasteiger partial charge in [-0.3, -0.25) is 0 Å². The molecular weight excluding hydrogens is 170 g/mol. The van der Waals surface area contributed by atoms with Crippen LogP contribution in [0.1, 0.15) is 0 Å². The van der Waals surface area contributed by atoms with Crippen molar-refractivity contribution in [1.29, 1.82) is 0 Å². The highest BCUT2D eigenvalue weighted by atomic mass is 35.5. The van der Waals surface area contributed by atoms with Crippen molar-refractivity contribution in [1.82, 2.24) is 0 Å². The van der Waals surface area contributed by atoms with E-state index in [0.717, 1.165) is 0 Å². The van der Waals surface area contributed by atoms with Crippen LogP contribution in [-0.2, 0) is 0 Å². The molecule has 0 heterocycles. The molecule has 0 N–H and O–H groups in total. The highest BCUT2D eigenvalue weighted by Crippen LogP contribution is 1.84. The third kappa shape index (κ3) is 17.7. The van der Waals surface area contributed by atoms with Crippen LogP contribution in [0.25, 0.3) is 0 Å². The summed E-state index contributed by atoms with van der Waals surface area (Å²) in [5, 5.41) is 2.40. The SMILES string of the molecule is C=C[CH2][Al][CH2]C=C.Cl.Cl. The summed E-state index contributed by atoms with van der Waals surface area (Å²) in [5.74, 6) is 0. The van der Waals surface area contributed by atoms with Crippen LogP contribution in [0.2, 0.25) is 10.6 Å². The van der Waals surface area contributed by atoms with E-state index in [1.54, 1.807) is 0 Å². The van der Waals surface area contributed by atoms with E-state index in [4.69, 9.17) is 0 Å². The van der Waals surface area contributed by atoms with E-state index >= 15 is 0 Å². The van der Waals surface area contributed by atoms with Gasteiger partial charge in [-0.05, 0) is 0 Å². The fraction of sp³-hybridized carbons (Fsp3) is 0.333. The molecule has 0 aliphatic rings. The number of hydrogen-bond acceptors (Lipinski definition) is 0. The van der Waals surface area contributed by atoms with Gasteiger partial charge < -0.3 is 0 Å². The van der Waals surface area contributed by atoms with Crippen molar-refractivity contribution in [3.63, 3.8) is 0 Å². The zero-order valence-corrected chi connectivity index (χ0v) is 8.16. The van der Waals surface area contributed by atoms with Gasteiger partial charge in [0.25, 0.3) is 0 Å². The van der Waals surface area contributed by atoms with Crippen molar-refractivity contribution < 1.29 is 0 Å². The van der Waals surface area contributed by atoms with Crippen molar-refractivity contribution >= 4 is 40.0 Å². The fourth-order valence-corrected chi connectivity index (χ4v) is 0.996. The molecule has 0 aromatic heterocycles. The minimum atomic E-state index is 0. The van der Waals surface area contributed by atoms with Gasteiger partial charge in [-0.1, -0.05) is 10.6 Å². The minimum Gasteiger partial charge on any atom is -0.147 e. The van der Waals surface area contributed by atoms with Crippen molar-refractivity contribution in [3.8, 4) is 0 Å². The van der Waals surface area contributed by atoms with Crippen LogP contribution in [0.15, 0.2) is 25.3 Å². The Kier molecular flexibility index (Phi) is 28.7. The van der Waals surface area contributed by atoms with Crippen LogP contribution < -0.4 is 0 Å². The monoisotopic (exact) mass is 181 g/mol. The lowest BCUT2D eigenvalue weighted by Gasteiger charge is -1.80. The maximum atomic E-state index is 3.62. The quantitative estimate of drug-likeness (QED) is 0.356. The maximum absolute atomic E-state index is 3.62. The minimum absolute atomic E-state index is 0. The van der Waals surface area contributed by atoms with Gasteiger partial charge in [0.2, 0.25) is 15.2 Å². The summed E-state index contributed by atoms with van der Waals surface area (Å²) in [6, 6.07) is 0. The van der Waals surface area contributed by atoms with Gasteiger partial charge in [0.15, 0.2) is 0 Å². The number of halogens is 2. The van der Waals surface area contributed by atoms with E-state index in [0.29, 0.717) is 15.2 Å². The average molecular weight is 182 g/mol. The molecule has 0 nitrogen and oxygen atoms in total. The Morgan fingerprint density at radius 1 is 1.00 bits per heavy atom. The van der Waals surface area contributed by atoms with Crippen molar-refractivity contribution in [2.24, 2.45) is 0 Å².